The second-order valence-electron chi connectivity index (χ2n) is 7.90. The van der Waals surface area contributed by atoms with E-state index >= 15 is 0 Å². The first kappa shape index (κ1) is 20.0. The summed E-state index contributed by atoms with van der Waals surface area (Å²) in [5.41, 5.74) is 2.35. The van der Waals surface area contributed by atoms with E-state index in [0.717, 1.165) is 35.4 Å². The number of benzene rings is 1. The van der Waals surface area contributed by atoms with E-state index in [1.54, 1.807) is 18.9 Å². The average Bonchev–Trinajstić information content (AvgIpc) is 3.29. The molecule has 29 heavy (non-hydrogen) atoms. The van der Waals surface area contributed by atoms with E-state index in [1.807, 2.05) is 0 Å². The Morgan fingerprint density at radius 2 is 1.86 bits per heavy atom. The molecule has 0 N–H and O–H groups in total. The van der Waals surface area contributed by atoms with Gasteiger partial charge in [0.25, 0.3) is 5.56 Å². The molecule has 2 unspecified atom stereocenters. The van der Waals surface area contributed by atoms with Crippen molar-refractivity contribution in [1.82, 2.24) is 9.47 Å². The lowest BCUT2D eigenvalue weighted by Crippen LogP contribution is -2.26. The molecule has 1 aliphatic heterocycles. The highest BCUT2D eigenvalue weighted by Crippen LogP contribution is 2.50. The maximum Gasteiger partial charge on any atom is 0.416 e. The molecule has 4 nitrogen and oxygen atoms in total. The molecule has 1 amide bonds. The molecule has 1 fully saturated rings. The fraction of sp³-hybridized carbons (Fsp3) is 0.429. The molecule has 2 heterocycles. The number of carbonyl (C=O) groups excluding carboxylic acids is 1. The predicted octanol–water partition coefficient (Wildman–Crippen LogP) is 4.40. The predicted molar refractivity (Wildman–Crippen MR) is 103 cm³/mol. The van der Waals surface area contributed by atoms with Crippen LogP contribution in [-0.4, -0.2) is 15.4 Å². The Balaban J connectivity index is 1.41. The number of hydrogen-bond acceptors (Lipinski definition) is 2. The van der Waals surface area contributed by atoms with Crippen LogP contribution in [0, 0.1) is 12.8 Å². The van der Waals surface area contributed by atoms with Crippen molar-refractivity contribution in [2.75, 3.05) is 0 Å². The van der Waals surface area contributed by atoms with Crippen LogP contribution in [0.2, 0.25) is 5.02 Å². The van der Waals surface area contributed by atoms with Crippen LogP contribution in [0.5, 0.6) is 0 Å². The van der Waals surface area contributed by atoms with Crippen LogP contribution in [0.15, 0.2) is 29.1 Å². The van der Waals surface area contributed by atoms with E-state index < -0.39 is 11.7 Å². The third-order valence-corrected chi connectivity index (χ3v) is 6.54. The average molecular weight is 425 g/mol. The van der Waals surface area contributed by atoms with Crippen molar-refractivity contribution in [2.45, 2.75) is 44.9 Å². The lowest BCUT2D eigenvalue weighted by molar-refractivity contribution is -0.137. The summed E-state index contributed by atoms with van der Waals surface area (Å²) in [5.74, 6) is 0.242. The number of fused-ring (bicyclic) bond motifs is 1. The normalized spacial score (nSPS) is 20.7. The van der Waals surface area contributed by atoms with Gasteiger partial charge in [-0.2, -0.15) is 13.2 Å². The van der Waals surface area contributed by atoms with E-state index in [-0.39, 0.29) is 28.3 Å². The van der Waals surface area contributed by atoms with Gasteiger partial charge in [0.2, 0.25) is 5.91 Å². The minimum atomic E-state index is -4.34. The molecular weight excluding hydrogens is 405 g/mol. The van der Waals surface area contributed by atoms with Gasteiger partial charge in [0.05, 0.1) is 12.1 Å². The van der Waals surface area contributed by atoms with Crippen molar-refractivity contribution in [1.29, 1.82) is 0 Å². The maximum absolute atomic E-state index is 12.8. The number of aromatic nitrogens is 1. The molecule has 0 saturated heterocycles. The van der Waals surface area contributed by atoms with Gasteiger partial charge in [0.15, 0.2) is 0 Å². The molecule has 0 radical (unpaired) electrons. The van der Waals surface area contributed by atoms with Gasteiger partial charge in [-0.1, -0.05) is 23.7 Å². The second-order valence-corrected chi connectivity index (χ2v) is 8.28. The molecule has 2 aliphatic rings. The number of amides is 1. The Morgan fingerprint density at radius 3 is 2.48 bits per heavy atom. The number of halogens is 4. The van der Waals surface area contributed by atoms with Gasteiger partial charge in [-0.15, -0.1) is 0 Å². The monoisotopic (exact) mass is 424 g/mol. The Morgan fingerprint density at radius 1 is 1.21 bits per heavy atom. The van der Waals surface area contributed by atoms with Crippen LogP contribution < -0.4 is 5.56 Å². The standard InChI is InChI=1S/C21H20ClF3N2O2/c1-11-16-9-27(10-17(16)26(2)20(29)19(11)22)18(28)8-13-7-15(13)12-3-5-14(6-4-12)21(23,24)25/h3-6,13,15H,7-10H2,1-2H3. The number of rotatable bonds is 3. The third-order valence-electron chi connectivity index (χ3n) is 6.10. The molecule has 154 valence electrons. The highest BCUT2D eigenvalue weighted by atomic mass is 35.5. The summed E-state index contributed by atoms with van der Waals surface area (Å²) in [4.78, 5) is 26.7. The smallest absolute Gasteiger partial charge is 0.332 e. The zero-order valence-corrected chi connectivity index (χ0v) is 16.8. The molecule has 1 aliphatic carbocycles. The third kappa shape index (κ3) is 3.56. The molecule has 1 aromatic heterocycles. The first-order chi connectivity index (χ1) is 13.6. The summed E-state index contributed by atoms with van der Waals surface area (Å²) < 4.78 is 39.6. The number of nitrogens with zero attached hydrogens (tertiary/aromatic N) is 2. The van der Waals surface area contributed by atoms with Gasteiger partial charge in [0, 0.05) is 25.7 Å². The largest absolute Gasteiger partial charge is 0.416 e. The molecule has 2 atom stereocenters. The first-order valence-corrected chi connectivity index (χ1v) is 9.77. The molecule has 1 aromatic carbocycles. The molecule has 2 aromatic rings. The lowest BCUT2D eigenvalue weighted by Gasteiger charge is -2.15. The Bertz CT molecular complexity index is 1040. The van der Waals surface area contributed by atoms with Crippen LogP contribution in [0.3, 0.4) is 0 Å². The number of pyridine rings is 1. The Kier molecular flexibility index (Phi) is 4.76. The molecule has 8 heteroatoms. The van der Waals surface area contributed by atoms with Crippen LogP contribution in [0.25, 0.3) is 0 Å². The van der Waals surface area contributed by atoms with Gasteiger partial charge in [-0.3, -0.25) is 9.59 Å². The molecular formula is C21H20ClF3N2O2. The minimum Gasteiger partial charge on any atom is -0.332 e. The zero-order chi connectivity index (χ0) is 21.1. The van der Waals surface area contributed by atoms with Crippen LogP contribution in [0.1, 0.15) is 46.7 Å². The lowest BCUT2D eigenvalue weighted by atomic mass is 10.1. The van der Waals surface area contributed by atoms with Gasteiger partial charge in [-0.05, 0) is 54.0 Å². The van der Waals surface area contributed by atoms with Crippen molar-refractivity contribution in [3.63, 3.8) is 0 Å². The summed E-state index contributed by atoms with van der Waals surface area (Å²) in [6.45, 7) is 2.58. The van der Waals surface area contributed by atoms with Crippen molar-refractivity contribution in [3.8, 4) is 0 Å². The van der Waals surface area contributed by atoms with Gasteiger partial charge >= 0.3 is 6.18 Å². The van der Waals surface area contributed by atoms with E-state index in [2.05, 4.69) is 0 Å². The van der Waals surface area contributed by atoms with Crippen molar-refractivity contribution in [2.24, 2.45) is 13.0 Å². The highest BCUT2D eigenvalue weighted by Gasteiger charge is 2.41. The number of hydrogen-bond donors (Lipinski definition) is 0. The van der Waals surface area contributed by atoms with Crippen LogP contribution in [-0.2, 0) is 31.1 Å². The minimum absolute atomic E-state index is 0.0106. The summed E-state index contributed by atoms with van der Waals surface area (Å²) >= 11 is 6.11. The summed E-state index contributed by atoms with van der Waals surface area (Å²) in [5, 5.41) is 0.185. The maximum atomic E-state index is 12.8. The SMILES string of the molecule is Cc1c2c(n(C)c(=O)c1Cl)CN(C(=O)CC1CC1c1ccc(C(F)(F)F)cc1)C2. The van der Waals surface area contributed by atoms with Crippen LogP contribution in [0.4, 0.5) is 13.2 Å². The van der Waals surface area contributed by atoms with Crippen molar-refractivity contribution < 1.29 is 18.0 Å². The molecule has 0 bridgehead atoms. The molecule has 1 saturated carbocycles. The quantitative estimate of drug-likeness (QED) is 0.732. The summed E-state index contributed by atoms with van der Waals surface area (Å²) in [6, 6.07) is 5.20. The first-order valence-electron chi connectivity index (χ1n) is 9.39. The van der Waals surface area contributed by atoms with E-state index in [1.165, 1.54) is 16.7 Å². The van der Waals surface area contributed by atoms with Crippen molar-refractivity contribution in [3.05, 3.63) is 67.6 Å². The van der Waals surface area contributed by atoms with Crippen LogP contribution >= 0.6 is 11.6 Å². The topological polar surface area (TPSA) is 42.3 Å². The Hall–Kier alpha value is -2.28. The van der Waals surface area contributed by atoms with E-state index in [9.17, 15) is 22.8 Å². The Labute approximate surface area is 170 Å². The fourth-order valence-electron chi connectivity index (χ4n) is 4.15. The summed E-state index contributed by atoms with van der Waals surface area (Å²) in [6.07, 6.45) is -3.20. The number of alkyl halides is 3. The van der Waals surface area contributed by atoms with E-state index in [4.69, 9.17) is 11.6 Å². The molecule has 0 spiro atoms. The van der Waals surface area contributed by atoms with Gasteiger partial charge in [-0.25, -0.2) is 0 Å². The summed E-state index contributed by atoms with van der Waals surface area (Å²) in [7, 11) is 1.65. The highest BCUT2D eigenvalue weighted by molar-refractivity contribution is 6.31. The number of carbonyl (C=O) groups is 1. The van der Waals surface area contributed by atoms with Gasteiger partial charge in [0.1, 0.15) is 5.02 Å². The zero-order valence-electron chi connectivity index (χ0n) is 16.0. The van der Waals surface area contributed by atoms with Crippen molar-refractivity contribution >= 4 is 17.5 Å². The van der Waals surface area contributed by atoms with E-state index in [0.29, 0.717) is 25.1 Å². The van der Waals surface area contributed by atoms with Gasteiger partial charge < -0.3 is 9.47 Å². The fourth-order valence-corrected chi connectivity index (χ4v) is 4.39. The second kappa shape index (κ2) is 6.90. The molecule has 4 rings (SSSR count).